The molecule has 1 aromatic carbocycles. The molecule has 106 valence electrons. The maximum atomic E-state index is 12.4. The minimum absolute atomic E-state index is 0.186. The minimum atomic E-state index is -0.947. The van der Waals surface area contributed by atoms with Crippen molar-refractivity contribution in [2.24, 2.45) is 0 Å². The Kier molecular flexibility index (Phi) is 4.23. The smallest absolute Gasteiger partial charge is 0.326 e. The summed E-state index contributed by atoms with van der Waals surface area (Å²) in [6, 6.07) is 6.92. The average molecular weight is 273 g/mol. The van der Waals surface area contributed by atoms with Gasteiger partial charge in [0.05, 0.1) is 0 Å². The zero-order chi connectivity index (χ0) is 14.7. The van der Waals surface area contributed by atoms with Gasteiger partial charge in [0.1, 0.15) is 6.04 Å². The number of nitrogens with zero attached hydrogens (tertiary/aromatic N) is 1. The summed E-state index contributed by atoms with van der Waals surface area (Å²) in [5.41, 5.74) is 2.65. The molecule has 1 N–H and O–H groups in total. The van der Waals surface area contributed by atoms with E-state index in [0.717, 1.165) is 17.5 Å². The van der Waals surface area contributed by atoms with Gasteiger partial charge in [0.15, 0.2) is 0 Å². The quantitative estimate of drug-likeness (QED) is 0.860. The van der Waals surface area contributed by atoms with Gasteiger partial charge in [-0.3, -0.25) is 4.79 Å². The lowest BCUT2D eigenvalue weighted by Crippen LogP contribution is -2.48. The molecule has 0 fully saturated rings. The lowest BCUT2D eigenvalue weighted by atomic mass is 9.93. The van der Waals surface area contributed by atoms with Crippen LogP contribution >= 0.6 is 0 Å². The summed E-state index contributed by atoms with van der Waals surface area (Å²) in [4.78, 5) is 25.3. The van der Waals surface area contributed by atoms with E-state index in [0.29, 0.717) is 18.5 Å². The highest BCUT2D eigenvalue weighted by Crippen LogP contribution is 2.24. The maximum absolute atomic E-state index is 12.4. The normalized spacial score (nSPS) is 18.6. The van der Waals surface area contributed by atoms with E-state index in [1.807, 2.05) is 37.3 Å². The molecular formula is C16H19NO3. The SMILES string of the molecule is CC/C=C(/C)C(=O)N1Cc2ccccc2C[C@H]1C(=O)O. The summed E-state index contributed by atoms with van der Waals surface area (Å²) in [5, 5.41) is 9.38. The molecule has 0 spiro atoms. The first-order valence-electron chi connectivity index (χ1n) is 6.82. The Bertz CT molecular complexity index is 563. The van der Waals surface area contributed by atoms with Crippen LogP contribution < -0.4 is 0 Å². The van der Waals surface area contributed by atoms with Crippen molar-refractivity contribution in [3.8, 4) is 0 Å². The number of hydrogen-bond donors (Lipinski definition) is 1. The number of carboxylic acids is 1. The van der Waals surface area contributed by atoms with Gasteiger partial charge in [-0.25, -0.2) is 4.79 Å². The number of carboxylic acid groups (broad SMARTS) is 1. The molecule has 20 heavy (non-hydrogen) atoms. The summed E-state index contributed by atoms with van der Waals surface area (Å²) in [5.74, 6) is -1.13. The van der Waals surface area contributed by atoms with Crippen LogP contribution in [-0.2, 0) is 22.6 Å². The van der Waals surface area contributed by atoms with E-state index < -0.39 is 12.0 Å². The van der Waals surface area contributed by atoms with Crippen LogP contribution in [0.15, 0.2) is 35.9 Å². The fourth-order valence-corrected chi connectivity index (χ4v) is 2.58. The van der Waals surface area contributed by atoms with Crippen LogP contribution in [0.5, 0.6) is 0 Å². The molecule has 2 rings (SSSR count). The number of hydrogen-bond acceptors (Lipinski definition) is 2. The summed E-state index contributed by atoms with van der Waals surface area (Å²) in [6.07, 6.45) is 2.97. The minimum Gasteiger partial charge on any atom is -0.480 e. The van der Waals surface area contributed by atoms with E-state index in [9.17, 15) is 14.7 Å². The Morgan fingerprint density at radius 2 is 2.00 bits per heavy atom. The maximum Gasteiger partial charge on any atom is 0.326 e. The number of aliphatic carboxylic acids is 1. The third kappa shape index (κ3) is 2.74. The van der Waals surface area contributed by atoms with Crippen molar-refractivity contribution in [1.29, 1.82) is 0 Å². The summed E-state index contributed by atoms with van der Waals surface area (Å²) >= 11 is 0. The predicted octanol–water partition coefficient (Wildman–Crippen LogP) is 2.38. The topological polar surface area (TPSA) is 57.6 Å². The molecule has 0 saturated carbocycles. The Morgan fingerprint density at radius 3 is 2.60 bits per heavy atom. The van der Waals surface area contributed by atoms with Crippen LogP contribution in [0.1, 0.15) is 31.4 Å². The first-order valence-corrected chi connectivity index (χ1v) is 6.82. The largest absolute Gasteiger partial charge is 0.480 e. The Balaban J connectivity index is 2.34. The Morgan fingerprint density at radius 1 is 1.35 bits per heavy atom. The number of rotatable bonds is 3. The molecule has 4 nitrogen and oxygen atoms in total. The molecular weight excluding hydrogens is 254 g/mol. The molecule has 0 saturated heterocycles. The van der Waals surface area contributed by atoms with Gasteiger partial charge >= 0.3 is 5.97 Å². The van der Waals surface area contributed by atoms with Gasteiger partial charge in [0.25, 0.3) is 0 Å². The molecule has 4 heteroatoms. The number of allylic oxidation sites excluding steroid dienone is 1. The molecule has 1 aliphatic heterocycles. The van der Waals surface area contributed by atoms with Crippen LogP contribution in [0.25, 0.3) is 0 Å². The molecule has 1 amide bonds. The van der Waals surface area contributed by atoms with Gasteiger partial charge in [-0.1, -0.05) is 37.3 Å². The molecule has 0 aromatic heterocycles. The second kappa shape index (κ2) is 5.90. The summed E-state index contributed by atoms with van der Waals surface area (Å²) < 4.78 is 0. The van der Waals surface area contributed by atoms with Gasteiger partial charge < -0.3 is 10.0 Å². The molecule has 0 aliphatic carbocycles. The summed E-state index contributed by atoms with van der Waals surface area (Å²) in [7, 11) is 0. The first-order chi connectivity index (χ1) is 9.54. The van der Waals surface area contributed by atoms with Gasteiger partial charge in [0.2, 0.25) is 5.91 Å². The number of carbonyl (C=O) groups excluding carboxylic acids is 1. The van der Waals surface area contributed by atoms with E-state index in [1.165, 1.54) is 4.90 Å². The van der Waals surface area contributed by atoms with Crippen molar-refractivity contribution in [3.05, 3.63) is 47.0 Å². The van der Waals surface area contributed by atoms with Gasteiger partial charge in [-0.05, 0) is 24.5 Å². The second-order valence-corrected chi connectivity index (χ2v) is 5.06. The molecule has 1 atom stereocenters. The zero-order valence-corrected chi connectivity index (χ0v) is 11.8. The van der Waals surface area contributed by atoms with E-state index in [2.05, 4.69) is 0 Å². The number of carbonyl (C=O) groups is 2. The molecule has 0 bridgehead atoms. The Hall–Kier alpha value is -2.10. The highest BCUT2D eigenvalue weighted by Gasteiger charge is 2.34. The molecule has 0 unspecified atom stereocenters. The van der Waals surface area contributed by atoms with Gasteiger partial charge in [-0.15, -0.1) is 0 Å². The molecule has 1 heterocycles. The molecule has 1 aromatic rings. The van der Waals surface area contributed by atoms with Gasteiger partial charge in [-0.2, -0.15) is 0 Å². The fourth-order valence-electron chi connectivity index (χ4n) is 2.58. The average Bonchev–Trinajstić information content (AvgIpc) is 2.45. The van der Waals surface area contributed by atoms with Gasteiger partial charge in [0, 0.05) is 18.5 Å². The lowest BCUT2D eigenvalue weighted by molar-refractivity contribution is -0.149. The van der Waals surface area contributed by atoms with Crippen LogP contribution in [0.2, 0.25) is 0 Å². The van der Waals surface area contributed by atoms with E-state index in [-0.39, 0.29) is 5.91 Å². The number of fused-ring (bicyclic) bond motifs is 1. The highest BCUT2D eigenvalue weighted by atomic mass is 16.4. The number of benzene rings is 1. The Labute approximate surface area is 118 Å². The van der Waals surface area contributed by atoms with E-state index in [4.69, 9.17) is 0 Å². The van der Waals surface area contributed by atoms with Crippen molar-refractivity contribution in [2.75, 3.05) is 0 Å². The van der Waals surface area contributed by atoms with Crippen molar-refractivity contribution < 1.29 is 14.7 Å². The fraction of sp³-hybridized carbons (Fsp3) is 0.375. The van der Waals surface area contributed by atoms with Crippen LogP contribution in [-0.4, -0.2) is 27.9 Å². The molecule has 1 aliphatic rings. The summed E-state index contributed by atoms with van der Waals surface area (Å²) in [6.45, 7) is 4.06. The van der Waals surface area contributed by atoms with Crippen LogP contribution in [0.4, 0.5) is 0 Å². The van der Waals surface area contributed by atoms with E-state index >= 15 is 0 Å². The third-order valence-corrected chi connectivity index (χ3v) is 3.64. The predicted molar refractivity (Wildman–Crippen MR) is 76.2 cm³/mol. The third-order valence-electron chi connectivity index (χ3n) is 3.64. The monoisotopic (exact) mass is 273 g/mol. The number of amides is 1. The highest BCUT2D eigenvalue weighted by molar-refractivity contribution is 5.95. The lowest BCUT2D eigenvalue weighted by Gasteiger charge is -2.34. The first kappa shape index (κ1) is 14.3. The van der Waals surface area contributed by atoms with Crippen molar-refractivity contribution in [2.45, 2.75) is 39.3 Å². The standard InChI is InChI=1S/C16H19NO3/c1-3-6-11(2)15(18)17-10-13-8-5-4-7-12(13)9-14(17)16(19)20/h4-8,14H,3,9-10H2,1-2H3,(H,19,20)/b11-6-/t14-/m0/s1. The second-order valence-electron chi connectivity index (χ2n) is 5.06. The van der Waals surface area contributed by atoms with Crippen LogP contribution in [0.3, 0.4) is 0 Å². The van der Waals surface area contributed by atoms with Crippen molar-refractivity contribution in [3.63, 3.8) is 0 Å². The van der Waals surface area contributed by atoms with Crippen molar-refractivity contribution in [1.82, 2.24) is 4.90 Å². The molecule has 0 radical (unpaired) electrons. The zero-order valence-electron chi connectivity index (χ0n) is 11.8. The van der Waals surface area contributed by atoms with Crippen molar-refractivity contribution >= 4 is 11.9 Å². The van der Waals surface area contributed by atoms with E-state index in [1.54, 1.807) is 6.92 Å². The van der Waals surface area contributed by atoms with Crippen LogP contribution in [0, 0.1) is 0 Å².